The van der Waals surface area contributed by atoms with Gasteiger partial charge in [0, 0.05) is 12.2 Å². The Morgan fingerprint density at radius 2 is 1.78 bits per heavy atom. The number of unbranched alkanes of at least 4 members (excludes halogenated alkanes) is 2. The van der Waals surface area contributed by atoms with Gasteiger partial charge in [-0.2, -0.15) is 0 Å². The van der Waals surface area contributed by atoms with E-state index < -0.39 is 17.7 Å². The van der Waals surface area contributed by atoms with E-state index in [1.165, 1.54) is 4.90 Å². The second kappa shape index (κ2) is 14.1. The second-order valence-corrected chi connectivity index (χ2v) is 9.64. The fraction of sp³-hybridized carbons (Fsp3) is 0.414. The summed E-state index contributed by atoms with van der Waals surface area (Å²) >= 11 is 0. The van der Waals surface area contributed by atoms with Crippen LogP contribution in [0, 0.1) is 0 Å². The van der Waals surface area contributed by atoms with Crippen LogP contribution in [0.4, 0.5) is 10.5 Å². The van der Waals surface area contributed by atoms with Crippen LogP contribution in [-0.2, 0) is 14.3 Å². The number of nitrogens with one attached hydrogen (secondary N) is 2. The molecule has 0 spiro atoms. The summed E-state index contributed by atoms with van der Waals surface area (Å²) in [4.78, 5) is 40.9. The van der Waals surface area contributed by atoms with Gasteiger partial charge < -0.3 is 25.0 Å². The van der Waals surface area contributed by atoms with Crippen molar-refractivity contribution >= 4 is 29.7 Å². The molecule has 0 bridgehead atoms. The average Bonchev–Trinajstić information content (AvgIpc) is 2.86. The van der Waals surface area contributed by atoms with Crippen LogP contribution in [0.5, 0.6) is 5.75 Å². The van der Waals surface area contributed by atoms with Gasteiger partial charge in [-0.1, -0.05) is 50.6 Å². The molecular weight excluding hydrogens is 470 g/mol. The maximum atomic E-state index is 13.7. The summed E-state index contributed by atoms with van der Waals surface area (Å²) in [6.07, 6.45) is 3.55. The number of carbonyl (C=O) groups is 3. The normalized spacial score (nSPS) is 11.7. The van der Waals surface area contributed by atoms with E-state index in [4.69, 9.17) is 9.47 Å². The first kappa shape index (κ1) is 29.4. The van der Waals surface area contributed by atoms with Gasteiger partial charge in [0.2, 0.25) is 5.91 Å². The summed E-state index contributed by atoms with van der Waals surface area (Å²) in [5.41, 5.74) is 1.35. The Morgan fingerprint density at radius 1 is 1.08 bits per heavy atom. The first-order chi connectivity index (χ1) is 17.6. The minimum Gasteiger partial charge on any atom is -0.497 e. The van der Waals surface area contributed by atoms with Crippen LogP contribution in [0.1, 0.15) is 64.1 Å². The van der Waals surface area contributed by atoms with Crippen LogP contribution in [0.2, 0.25) is 0 Å². The molecule has 2 rings (SSSR count). The standard InChI is InChI=1S/C29H39N3O5/c1-7-9-10-18-32(25(33)20-30-28(35)37-29(3,4)5)26(22-13-11-12-21(8-2)19-22)27(34)31-23-14-16-24(36-6)17-15-23/h8,11-17,19,26H,2,7,9-10,18,20H2,1,3-6H3,(H,30,35)(H,31,34). The van der Waals surface area contributed by atoms with E-state index in [-0.39, 0.29) is 18.4 Å². The van der Waals surface area contributed by atoms with E-state index in [2.05, 4.69) is 24.1 Å². The SMILES string of the molecule is C=Cc1cccc(C(C(=O)Nc2ccc(OC)cc2)N(CCCCC)C(=O)CNC(=O)OC(C)(C)C)c1. The van der Waals surface area contributed by atoms with Crippen molar-refractivity contribution in [1.29, 1.82) is 0 Å². The summed E-state index contributed by atoms with van der Waals surface area (Å²) in [5, 5.41) is 5.45. The largest absolute Gasteiger partial charge is 0.497 e. The Balaban J connectivity index is 2.38. The lowest BCUT2D eigenvalue weighted by Crippen LogP contribution is -2.47. The number of alkyl carbamates (subject to hydrolysis) is 1. The molecule has 200 valence electrons. The van der Waals surface area contributed by atoms with Crippen molar-refractivity contribution in [3.05, 3.63) is 66.2 Å². The monoisotopic (exact) mass is 509 g/mol. The molecule has 2 N–H and O–H groups in total. The number of hydrogen-bond acceptors (Lipinski definition) is 5. The highest BCUT2D eigenvalue weighted by molar-refractivity contribution is 5.98. The molecule has 0 aliphatic rings. The molecule has 2 aromatic rings. The van der Waals surface area contributed by atoms with Crippen molar-refractivity contribution in [3.8, 4) is 5.75 Å². The predicted molar refractivity (Wildman–Crippen MR) is 146 cm³/mol. The number of anilines is 1. The number of methoxy groups -OCH3 is 1. The van der Waals surface area contributed by atoms with Gasteiger partial charge in [0.1, 0.15) is 23.9 Å². The molecular formula is C29H39N3O5. The van der Waals surface area contributed by atoms with Crippen molar-refractivity contribution in [2.75, 3.05) is 25.5 Å². The van der Waals surface area contributed by atoms with Crippen molar-refractivity contribution in [2.24, 2.45) is 0 Å². The van der Waals surface area contributed by atoms with Gasteiger partial charge in [-0.05, 0) is 68.7 Å². The topological polar surface area (TPSA) is 97.0 Å². The van der Waals surface area contributed by atoms with E-state index >= 15 is 0 Å². The molecule has 0 saturated heterocycles. The molecule has 0 fully saturated rings. The quantitative estimate of drug-likeness (QED) is 0.365. The molecule has 37 heavy (non-hydrogen) atoms. The maximum Gasteiger partial charge on any atom is 0.408 e. The molecule has 0 radical (unpaired) electrons. The summed E-state index contributed by atoms with van der Waals surface area (Å²) < 4.78 is 10.5. The Hall–Kier alpha value is -3.81. The Kier molecular flexibility index (Phi) is 11.2. The lowest BCUT2D eigenvalue weighted by Gasteiger charge is -2.32. The zero-order valence-corrected chi connectivity index (χ0v) is 22.5. The number of carbonyl (C=O) groups excluding carboxylic acids is 3. The maximum absolute atomic E-state index is 13.7. The molecule has 0 aromatic heterocycles. The Morgan fingerprint density at radius 3 is 2.38 bits per heavy atom. The molecule has 0 aliphatic carbocycles. The number of nitrogens with zero attached hydrogens (tertiary/aromatic N) is 1. The summed E-state index contributed by atoms with van der Waals surface area (Å²) in [6, 6.07) is 13.4. The molecule has 1 atom stereocenters. The zero-order valence-electron chi connectivity index (χ0n) is 22.5. The number of benzene rings is 2. The van der Waals surface area contributed by atoms with Crippen LogP contribution < -0.4 is 15.4 Å². The molecule has 0 heterocycles. The Labute approximate surface area is 220 Å². The van der Waals surface area contributed by atoms with Gasteiger partial charge >= 0.3 is 6.09 Å². The summed E-state index contributed by atoms with van der Waals surface area (Å²) in [5.74, 6) is -0.0906. The van der Waals surface area contributed by atoms with Crippen LogP contribution in [0.25, 0.3) is 6.08 Å². The fourth-order valence-corrected chi connectivity index (χ4v) is 3.71. The molecule has 0 aliphatic heterocycles. The first-order valence-corrected chi connectivity index (χ1v) is 12.5. The molecule has 8 heteroatoms. The smallest absolute Gasteiger partial charge is 0.408 e. The van der Waals surface area contributed by atoms with E-state index in [0.29, 0.717) is 30.0 Å². The van der Waals surface area contributed by atoms with Crippen molar-refractivity contribution in [2.45, 2.75) is 58.6 Å². The predicted octanol–water partition coefficient (Wildman–Crippen LogP) is 5.56. The molecule has 8 nitrogen and oxygen atoms in total. The fourth-order valence-electron chi connectivity index (χ4n) is 3.71. The molecule has 0 saturated carbocycles. The van der Waals surface area contributed by atoms with Crippen molar-refractivity contribution in [1.82, 2.24) is 10.2 Å². The first-order valence-electron chi connectivity index (χ1n) is 12.5. The zero-order chi connectivity index (χ0) is 27.4. The summed E-state index contributed by atoms with van der Waals surface area (Å²) in [7, 11) is 1.57. The van der Waals surface area contributed by atoms with E-state index in [9.17, 15) is 14.4 Å². The minimum atomic E-state index is -0.924. The Bertz CT molecular complexity index is 1060. The highest BCUT2D eigenvalue weighted by Crippen LogP contribution is 2.26. The van der Waals surface area contributed by atoms with E-state index in [0.717, 1.165) is 18.4 Å². The third-order valence-electron chi connectivity index (χ3n) is 5.49. The number of ether oxygens (including phenoxy) is 2. The minimum absolute atomic E-state index is 0.297. The second-order valence-electron chi connectivity index (χ2n) is 9.64. The van der Waals surface area contributed by atoms with Crippen LogP contribution in [0.3, 0.4) is 0 Å². The third-order valence-corrected chi connectivity index (χ3v) is 5.49. The lowest BCUT2D eigenvalue weighted by molar-refractivity contribution is -0.138. The number of rotatable bonds is 12. The van der Waals surface area contributed by atoms with Gasteiger partial charge in [-0.25, -0.2) is 4.79 Å². The van der Waals surface area contributed by atoms with Crippen LogP contribution in [-0.4, -0.2) is 48.6 Å². The number of hydrogen-bond donors (Lipinski definition) is 2. The highest BCUT2D eigenvalue weighted by Gasteiger charge is 2.32. The van der Waals surface area contributed by atoms with Crippen molar-refractivity contribution < 1.29 is 23.9 Å². The van der Waals surface area contributed by atoms with Crippen LogP contribution >= 0.6 is 0 Å². The highest BCUT2D eigenvalue weighted by atomic mass is 16.6. The van der Waals surface area contributed by atoms with E-state index in [1.54, 1.807) is 58.2 Å². The molecule has 3 amide bonds. The van der Waals surface area contributed by atoms with Gasteiger partial charge in [-0.3, -0.25) is 9.59 Å². The van der Waals surface area contributed by atoms with E-state index in [1.807, 2.05) is 24.3 Å². The molecule has 2 aromatic carbocycles. The van der Waals surface area contributed by atoms with Gasteiger partial charge in [0.15, 0.2) is 0 Å². The summed E-state index contributed by atoms with van der Waals surface area (Å²) in [6.45, 7) is 11.2. The van der Waals surface area contributed by atoms with Gasteiger partial charge in [-0.15, -0.1) is 0 Å². The van der Waals surface area contributed by atoms with Gasteiger partial charge in [0.05, 0.1) is 7.11 Å². The average molecular weight is 510 g/mol. The lowest BCUT2D eigenvalue weighted by atomic mass is 10.0. The van der Waals surface area contributed by atoms with Crippen LogP contribution in [0.15, 0.2) is 55.1 Å². The molecule has 1 unspecified atom stereocenters. The van der Waals surface area contributed by atoms with Crippen molar-refractivity contribution in [3.63, 3.8) is 0 Å². The van der Waals surface area contributed by atoms with Gasteiger partial charge in [0.25, 0.3) is 5.91 Å². The third kappa shape index (κ3) is 9.63. The number of amides is 3.